The topological polar surface area (TPSA) is 83.4 Å². The Hall–Kier alpha value is -3.68. The van der Waals surface area contributed by atoms with Gasteiger partial charge in [-0.3, -0.25) is 9.59 Å². The predicted molar refractivity (Wildman–Crippen MR) is 145 cm³/mol. The first-order chi connectivity index (χ1) is 18.1. The van der Waals surface area contributed by atoms with Crippen LogP contribution < -0.4 is 0 Å². The number of carboxylic acids is 1. The molecule has 1 amide bonds. The number of likely N-dealkylation sites (tertiary alicyclic amines) is 1. The largest absolute Gasteiger partial charge is 0.481 e. The number of aliphatic carboxylic acids is 1. The lowest BCUT2D eigenvalue weighted by Crippen LogP contribution is -2.50. The Morgan fingerprint density at radius 3 is 2.50 bits per heavy atom. The van der Waals surface area contributed by atoms with Gasteiger partial charge in [0.2, 0.25) is 0 Å². The molecule has 0 saturated carbocycles. The lowest BCUT2D eigenvalue weighted by molar-refractivity contribution is -0.137. The lowest BCUT2D eigenvalue weighted by atomic mass is 9.84. The molecule has 202 valence electrons. The Bertz CT molecular complexity index is 1270. The second kappa shape index (κ2) is 12.7. The van der Waals surface area contributed by atoms with E-state index in [9.17, 15) is 18.4 Å². The molecule has 2 heterocycles. The van der Waals surface area contributed by atoms with Crippen LogP contribution in [0.5, 0.6) is 0 Å². The summed E-state index contributed by atoms with van der Waals surface area (Å²) in [7, 11) is 0. The number of fused-ring (bicyclic) bond motifs is 1. The molecule has 8 heteroatoms. The van der Waals surface area contributed by atoms with Crippen molar-refractivity contribution in [3.05, 3.63) is 84.0 Å². The molecule has 1 saturated heterocycles. The molecule has 1 N–H and O–H groups in total. The highest BCUT2D eigenvalue weighted by Gasteiger charge is 2.33. The highest BCUT2D eigenvalue weighted by atomic mass is 19.2. The first-order valence-corrected chi connectivity index (χ1v) is 12.9. The van der Waals surface area contributed by atoms with Crippen molar-refractivity contribution in [1.82, 2.24) is 14.9 Å². The number of hydrogen-bond donors (Lipinski definition) is 1. The predicted octanol–water partition coefficient (Wildman–Crippen LogP) is 6.29. The molecule has 1 aliphatic rings. The Labute approximate surface area is 222 Å². The van der Waals surface area contributed by atoms with Crippen LogP contribution in [0.1, 0.15) is 61.3 Å². The number of carbonyl (C=O) groups is 2. The first kappa shape index (κ1) is 28.9. The average molecular weight is 524 g/mol. The number of rotatable bonds is 13. The van der Waals surface area contributed by atoms with Crippen molar-refractivity contribution in [2.45, 2.75) is 51.4 Å². The second-order valence-corrected chi connectivity index (χ2v) is 9.76. The fourth-order valence-electron chi connectivity index (χ4n) is 4.51. The molecule has 0 atom stereocenters. The summed E-state index contributed by atoms with van der Waals surface area (Å²) in [6, 6.07) is 5.19. The van der Waals surface area contributed by atoms with Gasteiger partial charge in [-0.2, -0.15) is 0 Å². The average Bonchev–Trinajstić information content (AvgIpc) is 2.88. The van der Waals surface area contributed by atoms with Crippen LogP contribution in [-0.4, -0.2) is 51.6 Å². The van der Waals surface area contributed by atoms with Crippen molar-refractivity contribution in [3.8, 4) is 0 Å². The number of benzene rings is 1. The lowest BCUT2D eigenvalue weighted by Gasteiger charge is -2.40. The third-order valence-corrected chi connectivity index (χ3v) is 6.93. The van der Waals surface area contributed by atoms with E-state index in [0.29, 0.717) is 66.6 Å². The first-order valence-electron chi connectivity index (χ1n) is 12.9. The van der Waals surface area contributed by atoms with E-state index in [1.165, 1.54) is 6.08 Å². The highest BCUT2D eigenvalue weighted by Crippen LogP contribution is 2.31. The zero-order valence-electron chi connectivity index (χ0n) is 22.1. The van der Waals surface area contributed by atoms with Crippen LogP contribution in [0.4, 0.5) is 8.78 Å². The molecule has 3 rings (SSSR count). The Morgan fingerprint density at radius 1 is 1.18 bits per heavy atom. The smallest absolute Gasteiger partial charge is 0.303 e. The Morgan fingerprint density at radius 2 is 1.89 bits per heavy atom. The van der Waals surface area contributed by atoms with Crippen molar-refractivity contribution >= 4 is 22.9 Å². The molecule has 1 aliphatic heterocycles. The molecule has 2 aromatic rings. The van der Waals surface area contributed by atoms with Gasteiger partial charge in [0.05, 0.1) is 22.4 Å². The molecule has 38 heavy (non-hydrogen) atoms. The van der Waals surface area contributed by atoms with Crippen molar-refractivity contribution in [3.63, 3.8) is 0 Å². The maximum atomic E-state index is 13.5. The molecule has 0 aliphatic carbocycles. The van der Waals surface area contributed by atoms with Crippen molar-refractivity contribution in [2.75, 3.05) is 19.8 Å². The minimum Gasteiger partial charge on any atom is -0.481 e. The van der Waals surface area contributed by atoms with Crippen LogP contribution in [0, 0.1) is 5.92 Å². The molecular formula is C30H35F2N3O3. The quantitative estimate of drug-likeness (QED) is 0.190. The van der Waals surface area contributed by atoms with Gasteiger partial charge in [-0.15, -0.1) is 13.2 Å². The molecule has 0 unspecified atom stereocenters. The minimum absolute atomic E-state index is 0.0353. The highest BCUT2D eigenvalue weighted by molar-refractivity contribution is 5.97. The fraction of sp³-hybridized carbons (Fsp3) is 0.400. The van der Waals surface area contributed by atoms with Gasteiger partial charge in [-0.1, -0.05) is 25.2 Å². The molecular weight excluding hydrogens is 488 g/mol. The van der Waals surface area contributed by atoms with Crippen LogP contribution in [-0.2, 0) is 16.6 Å². The maximum absolute atomic E-state index is 13.5. The SMILES string of the molecule is C=CC(C)(C=C)c1nc2ccc(C(=O)N3CC(C(=C/CC)/C=C(/F)CF)C3)cc2nc1CCCCC(=O)O. The number of aromatic nitrogens is 2. The summed E-state index contributed by atoms with van der Waals surface area (Å²) in [5, 5.41) is 8.96. The summed E-state index contributed by atoms with van der Waals surface area (Å²) in [5.74, 6) is -1.85. The summed E-state index contributed by atoms with van der Waals surface area (Å²) < 4.78 is 26.1. The van der Waals surface area contributed by atoms with Crippen LogP contribution in [0.15, 0.2) is 67.1 Å². The van der Waals surface area contributed by atoms with Gasteiger partial charge in [0.1, 0.15) is 12.5 Å². The molecule has 6 nitrogen and oxygen atoms in total. The third kappa shape index (κ3) is 6.60. The zero-order chi connectivity index (χ0) is 27.9. The van der Waals surface area contributed by atoms with Crippen molar-refractivity contribution < 1.29 is 23.5 Å². The van der Waals surface area contributed by atoms with Crippen LogP contribution >= 0.6 is 0 Å². The maximum Gasteiger partial charge on any atom is 0.303 e. The van der Waals surface area contributed by atoms with E-state index < -0.39 is 23.9 Å². The van der Waals surface area contributed by atoms with Gasteiger partial charge in [0, 0.05) is 36.4 Å². The number of amides is 1. The molecule has 0 spiro atoms. The summed E-state index contributed by atoms with van der Waals surface area (Å²) in [6.07, 6.45) is 9.05. The minimum atomic E-state index is -1.14. The van der Waals surface area contributed by atoms with E-state index in [-0.39, 0.29) is 18.2 Å². The number of allylic oxidation sites excluding steroid dienone is 5. The number of nitrogens with zero attached hydrogens (tertiary/aromatic N) is 3. The molecule has 0 bridgehead atoms. The Balaban J connectivity index is 1.85. The Kier molecular flexibility index (Phi) is 9.66. The number of alkyl halides is 1. The molecule has 0 radical (unpaired) electrons. The number of hydrogen-bond acceptors (Lipinski definition) is 4. The number of aryl methyl sites for hydroxylation is 1. The fourth-order valence-corrected chi connectivity index (χ4v) is 4.51. The van der Waals surface area contributed by atoms with Crippen LogP contribution in [0.2, 0.25) is 0 Å². The van der Waals surface area contributed by atoms with Gasteiger partial charge in [-0.25, -0.2) is 18.7 Å². The van der Waals surface area contributed by atoms with Gasteiger partial charge < -0.3 is 10.0 Å². The van der Waals surface area contributed by atoms with E-state index in [4.69, 9.17) is 15.1 Å². The third-order valence-electron chi connectivity index (χ3n) is 6.93. The zero-order valence-corrected chi connectivity index (χ0v) is 22.1. The normalized spacial score (nSPS) is 14.9. The molecule has 1 aromatic heterocycles. The van der Waals surface area contributed by atoms with Crippen LogP contribution in [0.3, 0.4) is 0 Å². The van der Waals surface area contributed by atoms with Gasteiger partial charge >= 0.3 is 5.97 Å². The molecule has 1 aromatic carbocycles. The number of unbranched alkanes of at least 4 members (excludes halogenated alkanes) is 1. The number of carbonyl (C=O) groups excluding carboxylic acids is 1. The molecule has 1 fully saturated rings. The van der Waals surface area contributed by atoms with E-state index in [1.807, 2.05) is 19.9 Å². The second-order valence-electron chi connectivity index (χ2n) is 9.76. The summed E-state index contributed by atoms with van der Waals surface area (Å²) >= 11 is 0. The van der Waals surface area contributed by atoms with Crippen LogP contribution in [0.25, 0.3) is 11.0 Å². The van der Waals surface area contributed by atoms with E-state index in [1.54, 1.807) is 35.3 Å². The van der Waals surface area contributed by atoms with E-state index >= 15 is 0 Å². The van der Waals surface area contributed by atoms with Gasteiger partial charge in [-0.05, 0) is 62.5 Å². The summed E-state index contributed by atoms with van der Waals surface area (Å²) in [6.45, 7) is 11.4. The number of halogens is 2. The van der Waals surface area contributed by atoms with E-state index in [0.717, 1.165) is 5.69 Å². The monoisotopic (exact) mass is 523 g/mol. The standard InChI is InChI=1S/C30H35F2N3O3/c1-5-10-20(15-23(32)17-31)22-18-35(19-22)29(38)21-13-14-24-26(16-21)33-25(11-8-9-12-27(36)37)28(34-24)30(4,6-2)7-3/h6-7,10,13-16,22H,2-3,5,8-9,11-12,17-19H2,1,4H3,(H,36,37)/b20-10+,23-15+. The van der Waals surface area contributed by atoms with Crippen molar-refractivity contribution in [2.24, 2.45) is 5.92 Å². The van der Waals surface area contributed by atoms with E-state index in [2.05, 4.69) is 13.2 Å². The number of carboxylic acid groups (broad SMARTS) is 1. The van der Waals surface area contributed by atoms with Crippen molar-refractivity contribution in [1.29, 1.82) is 0 Å². The van der Waals surface area contributed by atoms with Gasteiger partial charge in [0.25, 0.3) is 5.91 Å². The summed E-state index contributed by atoms with van der Waals surface area (Å²) in [5.41, 5.74) is 3.18. The van der Waals surface area contributed by atoms with Gasteiger partial charge in [0.15, 0.2) is 0 Å². The summed E-state index contributed by atoms with van der Waals surface area (Å²) in [4.78, 5) is 35.5.